The summed E-state index contributed by atoms with van der Waals surface area (Å²) >= 11 is 0. The number of hydrogen-bond donors (Lipinski definition) is 1. The Morgan fingerprint density at radius 2 is 2.00 bits per heavy atom. The molecule has 0 aliphatic heterocycles. The fraction of sp³-hybridized carbons (Fsp3) is 0.471. The van der Waals surface area contributed by atoms with Crippen molar-refractivity contribution in [2.24, 2.45) is 0 Å². The molecule has 0 fully saturated rings. The molecule has 0 aliphatic carbocycles. The normalized spacial score (nSPS) is 10.9. The molecule has 2 aromatic heterocycles. The van der Waals surface area contributed by atoms with E-state index in [4.69, 9.17) is 5.11 Å². The molecule has 0 aliphatic rings. The summed E-state index contributed by atoms with van der Waals surface area (Å²) in [6, 6.07) is 3.86. The molecule has 0 radical (unpaired) electrons. The molecular formula is C17H23N3O3. The third-order valence-electron chi connectivity index (χ3n) is 3.75. The van der Waals surface area contributed by atoms with Gasteiger partial charge in [0.15, 0.2) is 0 Å². The molecule has 2 aromatic rings. The number of carboxylic acids is 1. The molecule has 0 saturated carbocycles. The van der Waals surface area contributed by atoms with Crippen LogP contribution in [0.3, 0.4) is 0 Å². The highest BCUT2D eigenvalue weighted by Crippen LogP contribution is 2.17. The van der Waals surface area contributed by atoms with Gasteiger partial charge in [0.2, 0.25) is 0 Å². The summed E-state index contributed by atoms with van der Waals surface area (Å²) < 4.78 is 1.82. The fourth-order valence-corrected chi connectivity index (χ4v) is 2.64. The lowest BCUT2D eigenvalue weighted by molar-refractivity contribution is -0.137. The quantitative estimate of drug-likeness (QED) is 0.851. The Balaban J connectivity index is 2.44. The Morgan fingerprint density at radius 1 is 1.26 bits per heavy atom. The monoisotopic (exact) mass is 317 g/mol. The third kappa shape index (κ3) is 3.70. The van der Waals surface area contributed by atoms with Crippen molar-refractivity contribution in [1.82, 2.24) is 14.3 Å². The van der Waals surface area contributed by atoms with Crippen molar-refractivity contribution in [2.45, 2.75) is 40.0 Å². The summed E-state index contributed by atoms with van der Waals surface area (Å²) in [6.45, 7) is 6.65. The molecule has 23 heavy (non-hydrogen) atoms. The van der Waals surface area contributed by atoms with Gasteiger partial charge in [0.05, 0.1) is 12.1 Å². The maximum atomic E-state index is 13.0. The lowest BCUT2D eigenvalue weighted by Crippen LogP contribution is -2.35. The van der Waals surface area contributed by atoms with E-state index in [1.165, 1.54) is 0 Å². The molecule has 0 aromatic carbocycles. The van der Waals surface area contributed by atoms with Crippen LogP contribution in [-0.2, 0) is 11.2 Å². The smallest absolute Gasteiger partial charge is 0.305 e. The number of imidazole rings is 1. The van der Waals surface area contributed by atoms with Crippen molar-refractivity contribution in [3.8, 4) is 0 Å². The van der Waals surface area contributed by atoms with Gasteiger partial charge in [-0.3, -0.25) is 14.0 Å². The summed E-state index contributed by atoms with van der Waals surface area (Å²) in [6.07, 6.45) is 3.28. The molecule has 6 heteroatoms. The molecule has 6 nitrogen and oxygen atoms in total. The van der Waals surface area contributed by atoms with E-state index in [1.807, 2.05) is 43.5 Å². The second-order valence-corrected chi connectivity index (χ2v) is 5.63. The van der Waals surface area contributed by atoms with Crippen LogP contribution in [0.2, 0.25) is 0 Å². The van der Waals surface area contributed by atoms with Gasteiger partial charge >= 0.3 is 5.97 Å². The van der Waals surface area contributed by atoms with Crippen molar-refractivity contribution in [2.75, 3.05) is 13.1 Å². The molecule has 0 saturated heterocycles. The Hall–Kier alpha value is -2.37. The standard InChI is InChI=1S/C17H23N3O3/c1-4-9-19(10-8-15(21)22)17(23)16-13(5-2)18-14-7-6-12(3)11-20(14)16/h6-7,11H,4-5,8-10H2,1-3H3,(H,21,22). The molecule has 0 spiro atoms. The SMILES string of the molecule is CCCN(CCC(=O)O)C(=O)c1c(CC)nc2ccc(C)cn12. The highest BCUT2D eigenvalue weighted by Gasteiger charge is 2.23. The van der Waals surface area contributed by atoms with E-state index < -0.39 is 5.97 Å². The van der Waals surface area contributed by atoms with Gasteiger partial charge < -0.3 is 10.0 Å². The molecule has 0 unspecified atom stereocenters. The van der Waals surface area contributed by atoms with E-state index >= 15 is 0 Å². The van der Waals surface area contributed by atoms with Crippen LogP contribution in [-0.4, -0.2) is 44.4 Å². The van der Waals surface area contributed by atoms with E-state index in [-0.39, 0.29) is 18.9 Å². The molecule has 1 amide bonds. The number of aryl methyl sites for hydroxylation is 2. The maximum absolute atomic E-state index is 13.0. The van der Waals surface area contributed by atoms with Crippen molar-refractivity contribution in [1.29, 1.82) is 0 Å². The van der Waals surface area contributed by atoms with Gasteiger partial charge in [-0.1, -0.05) is 19.9 Å². The Morgan fingerprint density at radius 3 is 2.61 bits per heavy atom. The summed E-state index contributed by atoms with van der Waals surface area (Å²) in [7, 11) is 0. The average Bonchev–Trinajstić information content (AvgIpc) is 2.88. The number of hydrogen-bond acceptors (Lipinski definition) is 3. The van der Waals surface area contributed by atoms with Crippen LogP contribution >= 0.6 is 0 Å². The largest absolute Gasteiger partial charge is 0.481 e. The zero-order valence-corrected chi connectivity index (χ0v) is 13.9. The van der Waals surface area contributed by atoms with E-state index in [1.54, 1.807) is 4.90 Å². The summed E-state index contributed by atoms with van der Waals surface area (Å²) in [4.78, 5) is 30.0. The predicted octanol–water partition coefficient (Wildman–Crippen LogP) is 2.53. The van der Waals surface area contributed by atoms with Crippen LogP contribution in [0.15, 0.2) is 18.3 Å². The van der Waals surface area contributed by atoms with Crippen LogP contribution < -0.4 is 0 Å². The van der Waals surface area contributed by atoms with Crippen molar-refractivity contribution in [3.05, 3.63) is 35.3 Å². The van der Waals surface area contributed by atoms with Gasteiger partial charge in [-0.25, -0.2) is 4.98 Å². The minimum atomic E-state index is -0.899. The predicted molar refractivity (Wildman–Crippen MR) is 87.8 cm³/mol. The van der Waals surface area contributed by atoms with Gasteiger partial charge in [-0.2, -0.15) is 0 Å². The molecule has 2 heterocycles. The van der Waals surface area contributed by atoms with Crippen LogP contribution in [0.25, 0.3) is 5.65 Å². The van der Waals surface area contributed by atoms with Gasteiger partial charge in [0.25, 0.3) is 5.91 Å². The number of fused-ring (bicyclic) bond motifs is 1. The third-order valence-corrected chi connectivity index (χ3v) is 3.75. The summed E-state index contributed by atoms with van der Waals surface area (Å²) in [5.74, 6) is -1.05. The summed E-state index contributed by atoms with van der Waals surface area (Å²) in [5.41, 5.74) is 3.08. The first-order valence-corrected chi connectivity index (χ1v) is 7.96. The van der Waals surface area contributed by atoms with E-state index in [0.717, 1.165) is 23.3 Å². The lowest BCUT2D eigenvalue weighted by Gasteiger charge is -2.21. The van der Waals surface area contributed by atoms with Crippen LogP contribution in [0, 0.1) is 6.92 Å². The Labute approximate surface area is 135 Å². The van der Waals surface area contributed by atoms with Crippen molar-refractivity contribution >= 4 is 17.5 Å². The highest BCUT2D eigenvalue weighted by molar-refractivity contribution is 5.95. The van der Waals surface area contributed by atoms with Gasteiger partial charge in [-0.15, -0.1) is 0 Å². The second kappa shape index (κ2) is 7.26. The first-order chi connectivity index (χ1) is 11.0. The van der Waals surface area contributed by atoms with E-state index in [0.29, 0.717) is 18.7 Å². The van der Waals surface area contributed by atoms with Crippen LogP contribution in [0.1, 0.15) is 48.4 Å². The number of carbonyl (C=O) groups excluding carboxylic acids is 1. The number of rotatable bonds is 7. The minimum Gasteiger partial charge on any atom is -0.481 e. The van der Waals surface area contributed by atoms with Crippen molar-refractivity contribution < 1.29 is 14.7 Å². The maximum Gasteiger partial charge on any atom is 0.305 e. The average molecular weight is 317 g/mol. The second-order valence-electron chi connectivity index (χ2n) is 5.63. The first-order valence-electron chi connectivity index (χ1n) is 7.96. The van der Waals surface area contributed by atoms with E-state index in [2.05, 4.69) is 4.98 Å². The molecule has 2 rings (SSSR count). The molecule has 0 bridgehead atoms. The van der Waals surface area contributed by atoms with E-state index in [9.17, 15) is 9.59 Å². The number of pyridine rings is 1. The Kier molecular flexibility index (Phi) is 5.36. The number of aliphatic carboxylic acids is 1. The minimum absolute atomic E-state index is 0.0526. The number of carbonyl (C=O) groups is 2. The van der Waals surface area contributed by atoms with Crippen LogP contribution in [0.5, 0.6) is 0 Å². The molecule has 124 valence electrons. The fourth-order valence-electron chi connectivity index (χ4n) is 2.64. The molecular weight excluding hydrogens is 294 g/mol. The van der Waals surface area contributed by atoms with Gasteiger partial charge in [0.1, 0.15) is 11.3 Å². The highest BCUT2D eigenvalue weighted by atomic mass is 16.4. The number of nitrogens with zero attached hydrogens (tertiary/aromatic N) is 3. The zero-order valence-electron chi connectivity index (χ0n) is 13.9. The van der Waals surface area contributed by atoms with Gasteiger partial charge in [-0.05, 0) is 31.4 Å². The van der Waals surface area contributed by atoms with Gasteiger partial charge in [0, 0.05) is 19.3 Å². The lowest BCUT2D eigenvalue weighted by atomic mass is 10.2. The van der Waals surface area contributed by atoms with Crippen molar-refractivity contribution in [3.63, 3.8) is 0 Å². The number of carboxylic acid groups (broad SMARTS) is 1. The topological polar surface area (TPSA) is 74.9 Å². The zero-order chi connectivity index (χ0) is 17.0. The first kappa shape index (κ1) is 17.0. The number of aromatic nitrogens is 2. The molecule has 0 atom stereocenters. The summed E-state index contributed by atoms with van der Waals surface area (Å²) in [5, 5.41) is 8.90. The molecule has 1 N–H and O–H groups in total. The van der Waals surface area contributed by atoms with Crippen LogP contribution in [0.4, 0.5) is 0 Å². The Bertz CT molecular complexity index is 721. The number of amides is 1.